The topological polar surface area (TPSA) is 87.7 Å². The van der Waals surface area contributed by atoms with Crippen LogP contribution in [0.25, 0.3) is 23.0 Å². The second kappa shape index (κ2) is 11.1. The molecular weight excluding hydrogens is 556 g/mol. The molecule has 3 aromatic heterocycles. The van der Waals surface area contributed by atoms with Gasteiger partial charge in [-0.2, -0.15) is 5.10 Å². The first-order valence-electron chi connectivity index (χ1n) is 13.0. The van der Waals surface area contributed by atoms with E-state index in [2.05, 4.69) is 4.99 Å². The van der Waals surface area contributed by atoms with Crippen molar-refractivity contribution in [1.29, 1.82) is 0 Å². The smallest absolute Gasteiger partial charge is 0.338 e. The van der Waals surface area contributed by atoms with Gasteiger partial charge in [0.2, 0.25) is 0 Å². The average molecular weight is 583 g/mol. The highest BCUT2D eigenvalue weighted by Gasteiger charge is 2.33. The van der Waals surface area contributed by atoms with E-state index in [-0.39, 0.29) is 5.56 Å². The summed E-state index contributed by atoms with van der Waals surface area (Å²) in [6.07, 6.45) is 3.77. The Hall–Kier alpha value is -4.54. The molecule has 206 valence electrons. The number of hydrogen-bond acceptors (Lipinski definition) is 8. The number of aromatic nitrogens is 3. The molecule has 1 aliphatic heterocycles. The highest BCUT2D eigenvalue weighted by molar-refractivity contribution is 7.10. The highest BCUT2D eigenvalue weighted by atomic mass is 32.1. The van der Waals surface area contributed by atoms with Crippen molar-refractivity contribution in [2.75, 3.05) is 13.7 Å². The fourth-order valence-electron chi connectivity index (χ4n) is 4.86. The van der Waals surface area contributed by atoms with Gasteiger partial charge in [0.05, 0.1) is 35.2 Å². The first-order chi connectivity index (χ1) is 20.0. The maximum absolute atomic E-state index is 14.0. The molecule has 6 rings (SSSR count). The number of benzene rings is 2. The van der Waals surface area contributed by atoms with E-state index in [4.69, 9.17) is 14.6 Å². The summed E-state index contributed by atoms with van der Waals surface area (Å²) >= 11 is 2.77. The Labute approximate surface area is 243 Å². The molecule has 41 heavy (non-hydrogen) atoms. The van der Waals surface area contributed by atoms with Crippen molar-refractivity contribution in [3.05, 3.63) is 120 Å². The molecule has 0 saturated heterocycles. The van der Waals surface area contributed by atoms with Crippen LogP contribution in [0.15, 0.2) is 99.4 Å². The molecule has 1 unspecified atom stereocenters. The molecule has 0 fully saturated rings. The third-order valence-electron chi connectivity index (χ3n) is 6.73. The van der Waals surface area contributed by atoms with Crippen LogP contribution in [0.5, 0.6) is 5.75 Å². The van der Waals surface area contributed by atoms with E-state index in [9.17, 15) is 9.59 Å². The van der Waals surface area contributed by atoms with Crippen LogP contribution in [0, 0.1) is 0 Å². The predicted octanol–water partition coefficient (Wildman–Crippen LogP) is 4.72. The number of methoxy groups -OCH3 is 1. The summed E-state index contributed by atoms with van der Waals surface area (Å²) in [5.41, 5.74) is 3.96. The number of carbonyl (C=O) groups is 1. The van der Waals surface area contributed by atoms with Crippen LogP contribution in [-0.2, 0) is 9.53 Å². The molecule has 1 atom stereocenters. The van der Waals surface area contributed by atoms with Crippen molar-refractivity contribution < 1.29 is 14.3 Å². The van der Waals surface area contributed by atoms with Gasteiger partial charge in [0.25, 0.3) is 5.56 Å². The van der Waals surface area contributed by atoms with Gasteiger partial charge < -0.3 is 9.47 Å². The number of rotatable bonds is 7. The SMILES string of the molecule is CCOc1ccc(-c2nn(-c3ccccc3)cc2/C=c2/sc3n(c2=O)C(c2cccs2)C(C(=O)OC)=C(C)N=3)cc1. The Bertz CT molecular complexity index is 1930. The number of carbonyl (C=O) groups excluding carboxylic acids is 1. The lowest BCUT2D eigenvalue weighted by atomic mass is 10.0. The van der Waals surface area contributed by atoms with Crippen molar-refractivity contribution in [2.24, 2.45) is 4.99 Å². The number of ether oxygens (including phenoxy) is 2. The van der Waals surface area contributed by atoms with Crippen molar-refractivity contribution in [2.45, 2.75) is 19.9 Å². The number of allylic oxidation sites excluding steroid dienone is 1. The number of hydrogen-bond donors (Lipinski definition) is 0. The van der Waals surface area contributed by atoms with Gasteiger partial charge in [-0.15, -0.1) is 11.3 Å². The maximum Gasteiger partial charge on any atom is 0.338 e. The molecule has 0 radical (unpaired) electrons. The van der Waals surface area contributed by atoms with Crippen LogP contribution in [0.4, 0.5) is 0 Å². The molecule has 0 spiro atoms. The highest BCUT2D eigenvalue weighted by Crippen LogP contribution is 2.33. The Balaban J connectivity index is 1.54. The molecule has 0 saturated carbocycles. The van der Waals surface area contributed by atoms with Gasteiger partial charge in [-0.25, -0.2) is 14.5 Å². The quantitative estimate of drug-likeness (QED) is 0.259. The van der Waals surface area contributed by atoms with E-state index >= 15 is 0 Å². The van der Waals surface area contributed by atoms with Gasteiger partial charge in [-0.05, 0) is 67.8 Å². The van der Waals surface area contributed by atoms with Gasteiger partial charge in [-0.1, -0.05) is 35.6 Å². The number of fused-ring (bicyclic) bond motifs is 1. The van der Waals surface area contributed by atoms with E-state index in [1.54, 1.807) is 11.5 Å². The lowest BCUT2D eigenvalue weighted by molar-refractivity contribution is -0.136. The Kier molecular flexibility index (Phi) is 7.25. The van der Waals surface area contributed by atoms with Gasteiger partial charge in [0.15, 0.2) is 4.80 Å². The predicted molar refractivity (Wildman–Crippen MR) is 160 cm³/mol. The van der Waals surface area contributed by atoms with Crippen molar-refractivity contribution in [3.8, 4) is 22.7 Å². The van der Waals surface area contributed by atoms with Gasteiger partial charge in [-0.3, -0.25) is 9.36 Å². The minimum Gasteiger partial charge on any atom is -0.494 e. The maximum atomic E-state index is 14.0. The molecule has 5 aromatic rings. The zero-order chi connectivity index (χ0) is 28.5. The summed E-state index contributed by atoms with van der Waals surface area (Å²) < 4.78 is 14.6. The Morgan fingerprint density at radius 3 is 2.54 bits per heavy atom. The number of thiazole rings is 1. The van der Waals surface area contributed by atoms with E-state index < -0.39 is 12.0 Å². The lowest BCUT2D eigenvalue weighted by Gasteiger charge is -2.22. The monoisotopic (exact) mass is 582 g/mol. The second-order valence-corrected chi connectivity index (χ2v) is 11.2. The van der Waals surface area contributed by atoms with Crippen LogP contribution < -0.4 is 19.6 Å². The van der Waals surface area contributed by atoms with Gasteiger partial charge >= 0.3 is 5.97 Å². The van der Waals surface area contributed by atoms with Crippen molar-refractivity contribution >= 4 is 34.7 Å². The lowest BCUT2D eigenvalue weighted by Crippen LogP contribution is -2.39. The molecule has 8 nitrogen and oxygen atoms in total. The van der Waals surface area contributed by atoms with Crippen molar-refractivity contribution in [3.63, 3.8) is 0 Å². The number of thiophene rings is 1. The van der Waals surface area contributed by atoms with Crippen LogP contribution >= 0.6 is 22.7 Å². The normalized spacial score (nSPS) is 15.0. The molecule has 0 amide bonds. The number of esters is 1. The van der Waals surface area contributed by atoms with E-state index in [1.807, 2.05) is 96.0 Å². The molecule has 0 N–H and O–H groups in total. The van der Waals surface area contributed by atoms with Gasteiger partial charge in [0.1, 0.15) is 17.5 Å². The fraction of sp³-hybridized carbons (Fsp3) is 0.161. The van der Waals surface area contributed by atoms with Crippen LogP contribution in [0.1, 0.15) is 30.3 Å². The van der Waals surface area contributed by atoms with Crippen molar-refractivity contribution in [1.82, 2.24) is 14.3 Å². The standard InChI is InChI=1S/C31H26N4O4S2/c1-4-39-23-14-12-20(13-15-23)27-21(18-34(33-27)22-9-6-5-7-10-22)17-25-29(36)35-28(24-11-8-16-40-24)26(30(37)38-3)19(2)32-31(35)41-25/h5-18,28H,4H2,1-3H3/b25-17+. The molecule has 2 aromatic carbocycles. The minimum absolute atomic E-state index is 0.230. The Morgan fingerprint density at radius 2 is 1.85 bits per heavy atom. The third-order valence-corrected chi connectivity index (χ3v) is 8.64. The summed E-state index contributed by atoms with van der Waals surface area (Å²) in [5.74, 6) is 0.278. The molecule has 10 heteroatoms. The molecule has 0 aliphatic carbocycles. The first-order valence-corrected chi connectivity index (χ1v) is 14.7. The summed E-state index contributed by atoms with van der Waals surface area (Å²) in [6.45, 7) is 4.30. The zero-order valence-corrected chi connectivity index (χ0v) is 24.2. The molecule has 4 heterocycles. The van der Waals surface area contributed by atoms with Crippen LogP contribution in [0.2, 0.25) is 0 Å². The fourth-order valence-corrected chi connectivity index (χ4v) is 6.72. The summed E-state index contributed by atoms with van der Waals surface area (Å²) in [5, 5.41) is 6.82. The molecular formula is C31H26N4O4S2. The summed E-state index contributed by atoms with van der Waals surface area (Å²) in [6, 6.07) is 20.8. The van der Waals surface area contributed by atoms with Crippen LogP contribution in [0.3, 0.4) is 0 Å². The molecule has 1 aliphatic rings. The third kappa shape index (κ3) is 4.96. The summed E-state index contributed by atoms with van der Waals surface area (Å²) in [7, 11) is 1.34. The average Bonchev–Trinajstić information content (AvgIpc) is 3.74. The van der Waals surface area contributed by atoms with Gasteiger partial charge in [0, 0.05) is 22.2 Å². The zero-order valence-electron chi connectivity index (χ0n) is 22.6. The first kappa shape index (κ1) is 26.7. The second-order valence-electron chi connectivity index (χ2n) is 9.26. The molecule has 0 bridgehead atoms. The number of nitrogens with zero attached hydrogens (tertiary/aromatic N) is 4. The number of para-hydroxylation sites is 1. The largest absolute Gasteiger partial charge is 0.494 e. The Morgan fingerprint density at radius 1 is 1.07 bits per heavy atom. The summed E-state index contributed by atoms with van der Waals surface area (Å²) in [4.78, 5) is 32.9. The van der Waals surface area contributed by atoms with E-state index in [0.29, 0.717) is 27.2 Å². The van der Waals surface area contributed by atoms with E-state index in [1.165, 1.54) is 29.8 Å². The minimum atomic E-state index is -0.613. The van der Waals surface area contributed by atoms with E-state index in [0.717, 1.165) is 33.1 Å². The van der Waals surface area contributed by atoms with Crippen LogP contribution in [-0.4, -0.2) is 34.0 Å².